The van der Waals surface area contributed by atoms with Crippen LogP contribution in [0, 0.1) is 18.2 Å². The summed E-state index contributed by atoms with van der Waals surface area (Å²) in [6.07, 6.45) is -0.280. The molecular weight excluding hydrogens is 876 g/mol. The van der Waals surface area contributed by atoms with Gasteiger partial charge in [-0.1, -0.05) is 29.3 Å². The summed E-state index contributed by atoms with van der Waals surface area (Å²) < 4.78 is 40.0. The third-order valence-electron chi connectivity index (χ3n) is 9.10. The number of benzene rings is 2. The van der Waals surface area contributed by atoms with Gasteiger partial charge in [0.15, 0.2) is 0 Å². The number of thiophene rings is 2. The average Bonchev–Trinajstić information content (AvgIpc) is 4.06. The number of nitrogens with zero attached hydrogens (tertiary/aromatic N) is 5. The van der Waals surface area contributed by atoms with Gasteiger partial charge in [0, 0.05) is 25.8 Å². The molecule has 21 heteroatoms. The summed E-state index contributed by atoms with van der Waals surface area (Å²) in [6.45, 7) is 10.8. The standard InChI is InChI=1S/C20H20ClFN4O3S.C16H11ClFN3O3S.C4H12N2/c1-25-8-2-7-23-18(25)14-4-3-12(9-15(14)22)26-11-13(29-20(26)28)10-24-19(27)16-5-6-17(21)30-16;1-19-12-3-2-9(6-11(12)18)21-8-10(24-16(21)23)7-20-15(22)13-4-5-14(17)25-13;1-6-4-2-3-5/h3-6,9,13H,2,7-8,10-11H2,1H3,(H,24,27);2-6,10H,7-8H2,(H,20,22);6H,2-5H2,1H3/t13-;10-;/m00./s1. The van der Waals surface area contributed by atoms with Crippen molar-refractivity contribution in [3.63, 3.8) is 0 Å². The zero-order chi connectivity index (χ0) is 44.1. The minimum atomic E-state index is -0.702. The molecule has 2 aromatic heterocycles. The largest absolute Gasteiger partial charge is 0.442 e. The highest BCUT2D eigenvalue weighted by Gasteiger charge is 2.34. The van der Waals surface area contributed by atoms with Crippen molar-refractivity contribution in [1.82, 2.24) is 20.9 Å². The number of cyclic esters (lactones) is 2. The molecule has 61 heavy (non-hydrogen) atoms. The Hall–Kier alpha value is -5.36. The molecule has 3 aliphatic rings. The molecule has 7 rings (SSSR count). The number of hydrogen-bond donors (Lipinski definition) is 4. The van der Waals surface area contributed by atoms with Gasteiger partial charge in [0.25, 0.3) is 11.8 Å². The number of carbonyl (C=O) groups excluding carboxylic acids is 4. The molecular formula is C40H43Cl2F2N9O6S2. The Labute approximate surface area is 369 Å². The highest BCUT2D eigenvalue weighted by molar-refractivity contribution is 7.18. The Balaban J connectivity index is 0.000000206. The van der Waals surface area contributed by atoms with Crippen LogP contribution in [0.5, 0.6) is 0 Å². The highest BCUT2D eigenvalue weighted by atomic mass is 35.5. The first-order valence-electron chi connectivity index (χ1n) is 18.9. The molecule has 4 aromatic rings. The van der Waals surface area contributed by atoms with Crippen LogP contribution in [-0.2, 0) is 9.47 Å². The minimum absolute atomic E-state index is 0.116. The molecule has 324 valence electrons. The van der Waals surface area contributed by atoms with Crippen molar-refractivity contribution in [2.45, 2.75) is 25.0 Å². The average molecular weight is 919 g/mol. The number of amidine groups is 1. The third kappa shape index (κ3) is 12.8. The number of carbonyl (C=O) groups is 4. The van der Waals surface area contributed by atoms with Crippen LogP contribution < -0.4 is 31.5 Å². The second kappa shape index (κ2) is 22.5. The maximum atomic E-state index is 14.8. The summed E-state index contributed by atoms with van der Waals surface area (Å²) in [7, 11) is 3.81. The second-order valence-electron chi connectivity index (χ2n) is 13.5. The van der Waals surface area contributed by atoms with Gasteiger partial charge in [0.05, 0.1) is 62.4 Å². The quantitative estimate of drug-likeness (QED) is 0.0883. The van der Waals surface area contributed by atoms with Crippen molar-refractivity contribution in [2.24, 2.45) is 10.7 Å². The first-order valence-corrected chi connectivity index (χ1v) is 21.3. The molecule has 0 unspecified atom stereocenters. The van der Waals surface area contributed by atoms with E-state index in [0.717, 1.165) is 49.9 Å². The zero-order valence-electron chi connectivity index (χ0n) is 33.1. The first kappa shape index (κ1) is 46.7. The highest BCUT2D eigenvalue weighted by Crippen LogP contribution is 2.29. The Morgan fingerprint density at radius 2 is 1.43 bits per heavy atom. The predicted octanol–water partition coefficient (Wildman–Crippen LogP) is 6.78. The van der Waals surface area contributed by atoms with E-state index in [9.17, 15) is 28.0 Å². The van der Waals surface area contributed by atoms with Crippen LogP contribution in [0.3, 0.4) is 0 Å². The lowest BCUT2D eigenvalue weighted by Gasteiger charge is -2.25. The molecule has 0 spiro atoms. The first-order chi connectivity index (χ1) is 29.3. The molecule has 4 amide bonds. The lowest BCUT2D eigenvalue weighted by atomic mass is 10.1. The van der Waals surface area contributed by atoms with E-state index in [2.05, 4.69) is 25.8 Å². The van der Waals surface area contributed by atoms with E-state index in [-0.39, 0.29) is 43.7 Å². The Kier molecular flexibility index (Phi) is 17.2. The van der Waals surface area contributed by atoms with E-state index in [1.54, 1.807) is 36.4 Å². The van der Waals surface area contributed by atoms with E-state index < -0.39 is 36.0 Å². The minimum Gasteiger partial charge on any atom is -0.442 e. The predicted molar refractivity (Wildman–Crippen MR) is 234 cm³/mol. The van der Waals surface area contributed by atoms with Crippen LogP contribution in [-0.4, -0.2) is 113 Å². The zero-order valence-corrected chi connectivity index (χ0v) is 36.2. The van der Waals surface area contributed by atoms with E-state index in [0.29, 0.717) is 47.7 Å². The van der Waals surface area contributed by atoms with Crippen molar-refractivity contribution in [3.8, 4) is 0 Å². The van der Waals surface area contributed by atoms with Gasteiger partial charge in [-0.3, -0.25) is 24.4 Å². The molecule has 2 atom stereocenters. The Bertz CT molecular complexity index is 2270. The number of halogens is 4. The van der Waals surface area contributed by atoms with Crippen LogP contribution in [0.1, 0.15) is 37.7 Å². The van der Waals surface area contributed by atoms with Crippen molar-refractivity contribution < 1.29 is 37.4 Å². The molecule has 15 nitrogen and oxygen atoms in total. The normalized spacial score (nSPS) is 17.0. The van der Waals surface area contributed by atoms with Gasteiger partial charge in [-0.25, -0.2) is 23.2 Å². The van der Waals surface area contributed by atoms with Crippen molar-refractivity contribution >= 4 is 92.8 Å². The number of nitrogens with one attached hydrogen (secondary N) is 3. The molecule has 0 bridgehead atoms. The number of amides is 4. The summed E-state index contributed by atoms with van der Waals surface area (Å²) in [6, 6.07) is 15.0. The van der Waals surface area contributed by atoms with Crippen LogP contribution >= 0.6 is 45.9 Å². The Morgan fingerprint density at radius 1 is 0.885 bits per heavy atom. The van der Waals surface area contributed by atoms with Gasteiger partial charge < -0.3 is 36.1 Å². The smallest absolute Gasteiger partial charge is 0.414 e. The van der Waals surface area contributed by atoms with Gasteiger partial charge in [-0.15, -0.1) is 22.7 Å². The van der Waals surface area contributed by atoms with Gasteiger partial charge in [-0.2, -0.15) is 0 Å². The summed E-state index contributed by atoms with van der Waals surface area (Å²) in [4.78, 5) is 61.3. The maximum absolute atomic E-state index is 14.8. The van der Waals surface area contributed by atoms with Gasteiger partial charge in [-0.05, 0) is 87.6 Å². The topological polar surface area (TPSA) is 175 Å². The molecule has 3 aliphatic heterocycles. The molecule has 5 heterocycles. The van der Waals surface area contributed by atoms with E-state index >= 15 is 0 Å². The molecule has 0 saturated carbocycles. The van der Waals surface area contributed by atoms with E-state index in [4.69, 9.17) is 45.0 Å². The second-order valence-corrected chi connectivity index (χ2v) is 16.9. The van der Waals surface area contributed by atoms with E-state index in [1.165, 1.54) is 39.3 Å². The van der Waals surface area contributed by atoms with Crippen LogP contribution in [0.15, 0.2) is 65.7 Å². The molecule has 0 radical (unpaired) electrons. The molecule has 5 N–H and O–H groups in total. The summed E-state index contributed by atoms with van der Waals surface area (Å²) in [5, 5.41) is 8.39. The van der Waals surface area contributed by atoms with Gasteiger partial charge >= 0.3 is 12.2 Å². The number of rotatable bonds is 12. The molecule has 2 fully saturated rings. The van der Waals surface area contributed by atoms with Crippen LogP contribution in [0.25, 0.3) is 4.85 Å². The fourth-order valence-electron chi connectivity index (χ4n) is 6.03. The van der Waals surface area contributed by atoms with Crippen molar-refractivity contribution in [2.75, 3.05) is 76.3 Å². The number of nitrogens with two attached hydrogens (primary N) is 1. The third-order valence-corrected chi connectivity index (χ3v) is 11.6. The van der Waals surface area contributed by atoms with Crippen LogP contribution in [0.2, 0.25) is 8.67 Å². The summed E-state index contributed by atoms with van der Waals surface area (Å²) in [5.74, 6) is -1.12. The van der Waals surface area contributed by atoms with Crippen LogP contribution in [0.4, 0.5) is 35.4 Å². The SMILES string of the molecule is CN1CCCN=C1c1ccc(N2C[C@H](CNC(=O)c3ccc(Cl)s3)OC2=O)cc1F.CNCCCN.[C-]#[N+]c1ccc(N2C[C@H](CNC(=O)c3ccc(Cl)s3)OC2=O)cc1F. The van der Waals surface area contributed by atoms with Gasteiger partial charge in [0.2, 0.25) is 5.69 Å². The van der Waals surface area contributed by atoms with E-state index in [1.807, 2.05) is 19.0 Å². The molecule has 0 aliphatic carbocycles. The summed E-state index contributed by atoms with van der Waals surface area (Å²) in [5.41, 5.74) is 6.17. The fraction of sp³-hybridized carbons (Fsp3) is 0.350. The lowest BCUT2D eigenvalue weighted by molar-refractivity contribution is 0.0915. The number of ether oxygens (including phenoxy) is 2. The maximum Gasteiger partial charge on any atom is 0.414 e. The molecule has 2 aromatic carbocycles. The number of aliphatic imine (C=N–C) groups is 1. The lowest BCUT2D eigenvalue weighted by Crippen LogP contribution is -2.34. The summed E-state index contributed by atoms with van der Waals surface area (Å²) >= 11 is 13.9. The van der Waals surface area contributed by atoms with Crippen molar-refractivity contribution in [1.29, 1.82) is 0 Å². The Morgan fingerprint density at radius 3 is 1.85 bits per heavy atom. The molecule has 2 saturated heterocycles. The van der Waals surface area contributed by atoms with Gasteiger partial charge in [0.1, 0.15) is 29.7 Å². The van der Waals surface area contributed by atoms with Crippen molar-refractivity contribution in [3.05, 3.63) is 108 Å². The monoisotopic (exact) mass is 917 g/mol. The number of anilines is 2. The fourth-order valence-corrected chi connectivity index (χ4v) is 7.95. The number of hydrogen-bond acceptors (Lipinski definition) is 12.